The molecule has 0 aliphatic carbocycles. The Hall–Kier alpha value is -3.68. The van der Waals surface area contributed by atoms with Crippen molar-refractivity contribution in [3.05, 3.63) is 64.7 Å². The molecule has 8 nitrogen and oxygen atoms in total. The van der Waals surface area contributed by atoms with E-state index < -0.39 is 30.3 Å². The zero-order valence-electron chi connectivity index (χ0n) is 17.7. The molecule has 2 aromatic rings. The Morgan fingerprint density at radius 1 is 1.06 bits per heavy atom. The molecule has 0 unspecified atom stereocenters. The van der Waals surface area contributed by atoms with Crippen LogP contribution in [0, 0.1) is 26.7 Å². The van der Waals surface area contributed by atoms with Crippen molar-refractivity contribution in [3.63, 3.8) is 0 Å². The average Bonchev–Trinajstić information content (AvgIpc) is 3.06. The number of hydrazine groups is 1. The Balaban J connectivity index is 1.50. The monoisotopic (exact) mass is 423 g/mol. The Labute approximate surface area is 180 Å². The average molecular weight is 423 g/mol. The van der Waals surface area contributed by atoms with E-state index in [1.165, 1.54) is 0 Å². The van der Waals surface area contributed by atoms with Gasteiger partial charge in [-0.05, 0) is 55.7 Å². The highest BCUT2D eigenvalue weighted by Crippen LogP contribution is 2.19. The first-order valence-corrected chi connectivity index (χ1v) is 9.94. The molecular weight excluding hydrogens is 398 g/mol. The number of nitrogens with one attached hydrogen (secondary N) is 2. The van der Waals surface area contributed by atoms with Gasteiger partial charge in [0, 0.05) is 17.7 Å². The van der Waals surface area contributed by atoms with E-state index in [9.17, 15) is 19.2 Å². The maximum absolute atomic E-state index is 12.4. The smallest absolute Gasteiger partial charge is 0.311 e. The van der Waals surface area contributed by atoms with Crippen LogP contribution in [0.25, 0.3) is 0 Å². The van der Waals surface area contributed by atoms with E-state index in [0.717, 1.165) is 21.7 Å². The maximum atomic E-state index is 12.4. The van der Waals surface area contributed by atoms with Crippen molar-refractivity contribution in [3.8, 4) is 0 Å². The van der Waals surface area contributed by atoms with E-state index in [-0.39, 0.29) is 18.9 Å². The van der Waals surface area contributed by atoms with Crippen LogP contribution in [0.15, 0.2) is 42.5 Å². The van der Waals surface area contributed by atoms with E-state index in [0.29, 0.717) is 11.3 Å². The quantitative estimate of drug-likeness (QED) is 0.694. The van der Waals surface area contributed by atoms with Gasteiger partial charge in [0.15, 0.2) is 6.61 Å². The zero-order chi connectivity index (χ0) is 22.5. The normalized spacial score (nSPS) is 15.5. The van der Waals surface area contributed by atoms with Gasteiger partial charge < -0.3 is 10.1 Å². The van der Waals surface area contributed by atoms with Crippen LogP contribution < -0.4 is 10.7 Å². The highest BCUT2D eigenvalue weighted by Gasteiger charge is 2.36. The third-order valence-electron chi connectivity index (χ3n) is 4.94. The van der Waals surface area contributed by atoms with Crippen molar-refractivity contribution >= 4 is 29.4 Å². The van der Waals surface area contributed by atoms with Crippen molar-refractivity contribution in [2.75, 3.05) is 18.5 Å². The number of aryl methyl sites for hydroxylation is 3. The van der Waals surface area contributed by atoms with E-state index in [1.54, 1.807) is 25.1 Å². The minimum atomic E-state index is -0.751. The number of rotatable bonds is 6. The Bertz CT molecular complexity index is 1010. The minimum absolute atomic E-state index is 0.00597. The lowest BCUT2D eigenvalue weighted by Crippen LogP contribution is -2.43. The third kappa shape index (κ3) is 5.69. The second-order valence-electron chi connectivity index (χ2n) is 7.69. The molecule has 3 amide bonds. The summed E-state index contributed by atoms with van der Waals surface area (Å²) in [7, 11) is 0. The number of hydrogen-bond acceptors (Lipinski definition) is 5. The van der Waals surface area contributed by atoms with Gasteiger partial charge in [-0.15, -0.1) is 0 Å². The van der Waals surface area contributed by atoms with Crippen LogP contribution in [0.2, 0.25) is 0 Å². The summed E-state index contributed by atoms with van der Waals surface area (Å²) in [6.07, 6.45) is -0.0917. The summed E-state index contributed by atoms with van der Waals surface area (Å²) in [5, 5.41) is 3.81. The molecule has 3 rings (SSSR count). The molecule has 1 atom stereocenters. The van der Waals surface area contributed by atoms with Gasteiger partial charge >= 0.3 is 5.97 Å². The van der Waals surface area contributed by atoms with Crippen molar-refractivity contribution in [2.45, 2.75) is 27.2 Å². The molecule has 1 saturated heterocycles. The number of anilines is 1. The van der Waals surface area contributed by atoms with Crippen LogP contribution in [0.1, 0.15) is 33.5 Å². The summed E-state index contributed by atoms with van der Waals surface area (Å²) in [4.78, 5) is 49.0. The molecule has 1 aliphatic heterocycles. The molecule has 0 saturated carbocycles. The first-order chi connectivity index (χ1) is 14.7. The fraction of sp³-hybridized carbons (Fsp3) is 0.304. The number of esters is 1. The van der Waals surface area contributed by atoms with Crippen molar-refractivity contribution in [2.24, 2.45) is 5.92 Å². The number of hydrogen-bond donors (Lipinski definition) is 2. The van der Waals surface area contributed by atoms with Gasteiger partial charge in [-0.3, -0.25) is 29.6 Å². The third-order valence-corrected chi connectivity index (χ3v) is 4.94. The van der Waals surface area contributed by atoms with Crippen LogP contribution in [0.4, 0.5) is 5.69 Å². The van der Waals surface area contributed by atoms with E-state index >= 15 is 0 Å². The molecule has 0 aromatic heterocycles. The summed E-state index contributed by atoms with van der Waals surface area (Å²) >= 11 is 0. The number of amides is 3. The molecule has 0 bridgehead atoms. The molecule has 162 valence electrons. The van der Waals surface area contributed by atoms with Crippen LogP contribution in [0.3, 0.4) is 0 Å². The Morgan fingerprint density at radius 2 is 1.74 bits per heavy atom. The molecule has 8 heteroatoms. The number of ether oxygens (including phenoxy) is 1. The fourth-order valence-electron chi connectivity index (χ4n) is 3.48. The topological polar surface area (TPSA) is 105 Å². The van der Waals surface area contributed by atoms with Crippen molar-refractivity contribution in [1.29, 1.82) is 0 Å². The predicted octanol–water partition coefficient (Wildman–Crippen LogP) is 2.29. The van der Waals surface area contributed by atoms with Gasteiger partial charge in [0.2, 0.25) is 5.91 Å². The van der Waals surface area contributed by atoms with Crippen molar-refractivity contribution in [1.82, 2.24) is 10.4 Å². The molecule has 2 aromatic carbocycles. The summed E-state index contributed by atoms with van der Waals surface area (Å²) in [5.41, 5.74) is 6.39. The number of nitrogens with zero attached hydrogens (tertiary/aromatic N) is 1. The number of benzene rings is 2. The second kappa shape index (κ2) is 9.42. The molecule has 31 heavy (non-hydrogen) atoms. The van der Waals surface area contributed by atoms with E-state index in [1.807, 2.05) is 38.1 Å². The van der Waals surface area contributed by atoms with Gasteiger partial charge in [-0.25, -0.2) is 0 Å². The summed E-state index contributed by atoms with van der Waals surface area (Å²) < 4.78 is 5.08. The van der Waals surface area contributed by atoms with Gasteiger partial charge in [0.1, 0.15) is 0 Å². The Morgan fingerprint density at radius 3 is 2.42 bits per heavy atom. The van der Waals surface area contributed by atoms with E-state index in [4.69, 9.17) is 4.74 Å². The number of carbonyl (C=O) groups is 4. The summed E-state index contributed by atoms with van der Waals surface area (Å²) in [5.74, 6) is -2.68. The lowest BCUT2D eigenvalue weighted by Gasteiger charge is -2.18. The molecule has 1 heterocycles. The van der Waals surface area contributed by atoms with E-state index in [2.05, 4.69) is 10.7 Å². The van der Waals surface area contributed by atoms with Crippen LogP contribution in [-0.2, 0) is 19.1 Å². The largest absolute Gasteiger partial charge is 0.455 e. The molecule has 2 N–H and O–H groups in total. The highest BCUT2D eigenvalue weighted by atomic mass is 16.5. The summed E-state index contributed by atoms with van der Waals surface area (Å²) in [6.45, 7) is 5.18. The Kier molecular flexibility index (Phi) is 6.69. The summed E-state index contributed by atoms with van der Waals surface area (Å²) in [6, 6.07) is 12.6. The zero-order valence-corrected chi connectivity index (χ0v) is 17.7. The van der Waals surface area contributed by atoms with Gasteiger partial charge in [0.05, 0.1) is 12.5 Å². The second-order valence-corrected chi connectivity index (χ2v) is 7.69. The van der Waals surface area contributed by atoms with Crippen LogP contribution in [-0.4, -0.2) is 41.9 Å². The maximum Gasteiger partial charge on any atom is 0.311 e. The van der Waals surface area contributed by atoms with Crippen LogP contribution >= 0.6 is 0 Å². The number of carbonyl (C=O) groups excluding carboxylic acids is 4. The molecule has 1 fully saturated rings. The predicted molar refractivity (Wildman–Crippen MR) is 114 cm³/mol. The van der Waals surface area contributed by atoms with Gasteiger partial charge in [-0.1, -0.05) is 24.3 Å². The van der Waals surface area contributed by atoms with Crippen LogP contribution in [0.5, 0.6) is 0 Å². The van der Waals surface area contributed by atoms with Gasteiger partial charge in [-0.2, -0.15) is 0 Å². The lowest BCUT2D eigenvalue weighted by atomic mass is 10.1. The lowest BCUT2D eigenvalue weighted by molar-refractivity contribution is -0.151. The fourth-order valence-corrected chi connectivity index (χ4v) is 3.48. The van der Waals surface area contributed by atoms with Gasteiger partial charge in [0.25, 0.3) is 11.8 Å². The highest BCUT2D eigenvalue weighted by molar-refractivity contribution is 5.98. The standard InChI is InChI=1S/C23H25N3O5/c1-14-8-15(2)10-18(9-14)24-20(27)13-31-23(30)17-11-21(28)26(12-17)25-22(29)19-7-5-4-6-16(19)3/h4-10,17H,11-13H2,1-3H3,(H,24,27)(H,25,29)/t17-/m0/s1. The molecule has 0 spiro atoms. The minimum Gasteiger partial charge on any atom is -0.455 e. The molecular formula is C23H25N3O5. The first-order valence-electron chi connectivity index (χ1n) is 9.94. The molecule has 0 radical (unpaired) electrons. The first kappa shape index (κ1) is 22.0. The SMILES string of the molecule is Cc1cc(C)cc(NC(=O)COC(=O)[C@H]2CC(=O)N(NC(=O)c3ccccc3C)C2)c1. The van der Waals surface area contributed by atoms with Crippen molar-refractivity contribution < 1.29 is 23.9 Å². The molecule has 1 aliphatic rings.